The molecule has 0 aliphatic rings. The van der Waals surface area contributed by atoms with E-state index in [9.17, 15) is 19.3 Å². The molecule has 1 aromatic heterocycles. The Hall–Kier alpha value is -3.03. The smallest absolute Gasteiger partial charge is 0.354 e. The third-order valence-electron chi connectivity index (χ3n) is 2.66. The quantitative estimate of drug-likeness (QED) is 0.662. The van der Waals surface area contributed by atoms with Gasteiger partial charge < -0.3 is 10.4 Å². The fourth-order valence-corrected chi connectivity index (χ4v) is 1.67. The van der Waals surface area contributed by atoms with E-state index in [-0.39, 0.29) is 17.2 Å². The van der Waals surface area contributed by atoms with E-state index in [1.807, 2.05) is 0 Å². The average molecular weight is 291 g/mol. The van der Waals surface area contributed by atoms with Gasteiger partial charge in [-0.25, -0.2) is 14.2 Å². The Morgan fingerprint density at radius 3 is 2.71 bits per heavy atom. The first-order chi connectivity index (χ1) is 9.88. The molecule has 2 rings (SSSR count). The fourth-order valence-electron chi connectivity index (χ4n) is 1.67. The van der Waals surface area contributed by atoms with E-state index in [2.05, 4.69) is 10.3 Å². The number of anilines is 2. The molecule has 0 amide bonds. The number of hydrogen-bond donors (Lipinski definition) is 2. The second kappa shape index (κ2) is 5.53. The second-order valence-electron chi connectivity index (χ2n) is 4.23. The summed E-state index contributed by atoms with van der Waals surface area (Å²) < 4.78 is 13.7. The summed E-state index contributed by atoms with van der Waals surface area (Å²) in [5, 5.41) is 22.3. The molecule has 0 unspecified atom stereocenters. The molecule has 0 aliphatic heterocycles. The Morgan fingerprint density at radius 2 is 2.10 bits per heavy atom. The van der Waals surface area contributed by atoms with Crippen LogP contribution in [-0.4, -0.2) is 21.0 Å². The molecule has 21 heavy (non-hydrogen) atoms. The highest BCUT2D eigenvalue weighted by Crippen LogP contribution is 2.27. The third kappa shape index (κ3) is 3.11. The number of aryl methyl sites for hydroxylation is 1. The highest BCUT2D eigenvalue weighted by molar-refractivity contribution is 5.86. The van der Waals surface area contributed by atoms with Crippen LogP contribution >= 0.6 is 0 Å². The van der Waals surface area contributed by atoms with Crippen molar-refractivity contribution in [1.82, 2.24) is 4.98 Å². The molecule has 0 saturated carbocycles. The number of carboxylic acids is 1. The summed E-state index contributed by atoms with van der Waals surface area (Å²) in [5.41, 5.74) is -0.110. The van der Waals surface area contributed by atoms with Crippen LogP contribution in [0.2, 0.25) is 0 Å². The van der Waals surface area contributed by atoms with Crippen molar-refractivity contribution in [2.45, 2.75) is 6.92 Å². The van der Waals surface area contributed by atoms with Gasteiger partial charge in [-0.1, -0.05) is 6.07 Å². The first-order valence-corrected chi connectivity index (χ1v) is 5.80. The number of aromatic nitrogens is 1. The van der Waals surface area contributed by atoms with Gasteiger partial charge in [-0.05, 0) is 30.7 Å². The molecule has 0 saturated heterocycles. The molecule has 7 nitrogen and oxygen atoms in total. The van der Waals surface area contributed by atoms with Crippen LogP contribution in [0.1, 0.15) is 16.1 Å². The standard InChI is InChI=1S/C13H10FN3O4/c1-7-2-3-8(14)10(6-7)16-12-11(17(20)21)5-4-9(15-12)13(18)19/h2-6H,1H3,(H,15,16)(H,18,19). The van der Waals surface area contributed by atoms with E-state index in [1.165, 1.54) is 18.2 Å². The SMILES string of the molecule is Cc1ccc(F)c(Nc2nc(C(=O)O)ccc2[N+](=O)[O-])c1. The number of nitrogens with one attached hydrogen (secondary N) is 1. The number of rotatable bonds is 4. The number of carboxylic acid groups (broad SMARTS) is 1. The van der Waals surface area contributed by atoms with Gasteiger partial charge >= 0.3 is 11.7 Å². The molecule has 0 fully saturated rings. The van der Waals surface area contributed by atoms with Crippen LogP contribution < -0.4 is 5.32 Å². The van der Waals surface area contributed by atoms with Crippen molar-refractivity contribution in [2.24, 2.45) is 0 Å². The van der Waals surface area contributed by atoms with Crippen LogP contribution in [0.25, 0.3) is 0 Å². The molecule has 2 N–H and O–H groups in total. The lowest BCUT2D eigenvalue weighted by Crippen LogP contribution is -2.06. The van der Waals surface area contributed by atoms with Crippen LogP contribution in [-0.2, 0) is 0 Å². The maximum absolute atomic E-state index is 13.7. The van der Waals surface area contributed by atoms with Crippen LogP contribution in [0, 0.1) is 22.9 Å². The number of benzene rings is 1. The van der Waals surface area contributed by atoms with Gasteiger partial charge in [0.1, 0.15) is 5.82 Å². The van der Waals surface area contributed by atoms with Gasteiger partial charge in [0.05, 0.1) is 10.6 Å². The molecule has 0 radical (unpaired) electrons. The van der Waals surface area contributed by atoms with Crippen molar-refractivity contribution in [3.05, 3.63) is 57.5 Å². The Bertz CT molecular complexity index is 733. The first-order valence-electron chi connectivity index (χ1n) is 5.80. The molecule has 2 aromatic rings. The number of nitro groups is 1. The molecule has 0 spiro atoms. The van der Waals surface area contributed by atoms with E-state index in [4.69, 9.17) is 5.11 Å². The number of carbonyl (C=O) groups is 1. The monoisotopic (exact) mass is 291 g/mol. The van der Waals surface area contributed by atoms with Crippen LogP contribution in [0.15, 0.2) is 30.3 Å². The lowest BCUT2D eigenvalue weighted by molar-refractivity contribution is -0.384. The third-order valence-corrected chi connectivity index (χ3v) is 2.66. The number of nitrogens with zero attached hydrogens (tertiary/aromatic N) is 2. The van der Waals surface area contributed by atoms with Crippen molar-refractivity contribution in [3.63, 3.8) is 0 Å². The zero-order valence-corrected chi connectivity index (χ0v) is 10.8. The summed E-state index contributed by atoms with van der Waals surface area (Å²) in [5.74, 6) is -2.29. The van der Waals surface area contributed by atoms with Crippen molar-refractivity contribution in [1.29, 1.82) is 0 Å². The maximum atomic E-state index is 13.7. The van der Waals surface area contributed by atoms with Crippen molar-refractivity contribution < 1.29 is 19.2 Å². The highest BCUT2D eigenvalue weighted by Gasteiger charge is 2.19. The van der Waals surface area contributed by atoms with E-state index in [1.54, 1.807) is 6.92 Å². The van der Waals surface area contributed by atoms with Gasteiger partial charge in [0.2, 0.25) is 5.82 Å². The van der Waals surface area contributed by atoms with E-state index < -0.39 is 22.4 Å². The zero-order valence-electron chi connectivity index (χ0n) is 10.8. The molecule has 1 aromatic carbocycles. The zero-order chi connectivity index (χ0) is 15.6. The first kappa shape index (κ1) is 14.4. The van der Waals surface area contributed by atoms with Gasteiger partial charge in [-0.15, -0.1) is 0 Å². The summed E-state index contributed by atoms with van der Waals surface area (Å²) >= 11 is 0. The Kier molecular flexibility index (Phi) is 3.79. The van der Waals surface area contributed by atoms with Gasteiger partial charge in [0, 0.05) is 6.07 Å². The van der Waals surface area contributed by atoms with Gasteiger partial charge in [-0.3, -0.25) is 10.1 Å². The van der Waals surface area contributed by atoms with E-state index >= 15 is 0 Å². The topological polar surface area (TPSA) is 105 Å². The molecular weight excluding hydrogens is 281 g/mol. The summed E-state index contributed by atoms with van der Waals surface area (Å²) in [7, 11) is 0. The van der Waals surface area contributed by atoms with Crippen LogP contribution in [0.3, 0.4) is 0 Å². The van der Waals surface area contributed by atoms with E-state index in [0.29, 0.717) is 0 Å². The maximum Gasteiger partial charge on any atom is 0.354 e. The molecule has 8 heteroatoms. The van der Waals surface area contributed by atoms with Gasteiger partial charge in [0.15, 0.2) is 5.69 Å². The van der Waals surface area contributed by atoms with Gasteiger partial charge in [0.25, 0.3) is 0 Å². The van der Waals surface area contributed by atoms with Crippen molar-refractivity contribution in [2.75, 3.05) is 5.32 Å². The molecule has 0 aliphatic carbocycles. The van der Waals surface area contributed by atoms with Crippen LogP contribution in [0.4, 0.5) is 21.6 Å². The largest absolute Gasteiger partial charge is 0.477 e. The minimum absolute atomic E-state index is 0.0202. The number of halogens is 1. The fraction of sp³-hybridized carbons (Fsp3) is 0.0769. The normalized spacial score (nSPS) is 10.2. The molecule has 108 valence electrons. The lowest BCUT2D eigenvalue weighted by atomic mass is 10.2. The minimum Gasteiger partial charge on any atom is -0.477 e. The Balaban J connectivity index is 2.50. The number of hydrogen-bond acceptors (Lipinski definition) is 5. The number of pyridine rings is 1. The predicted octanol–water partition coefficient (Wildman–Crippen LogP) is 2.88. The highest BCUT2D eigenvalue weighted by atomic mass is 19.1. The lowest BCUT2D eigenvalue weighted by Gasteiger charge is -2.08. The van der Waals surface area contributed by atoms with Crippen molar-refractivity contribution >= 4 is 23.2 Å². The van der Waals surface area contributed by atoms with Crippen LogP contribution in [0.5, 0.6) is 0 Å². The second-order valence-corrected chi connectivity index (χ2v) is 4.23. The number of aromatic carboxylic acids is 1. The average Bonchev–Trinajstić information content (AvgIpc) is 2.42. The Morgan fingerprint density at radius 1 is 1.38 bits per heavy atom. The van der Waals surface area contributed by atoms with E-state index in [0.717, 1.165) is 17.7 Å². The molecule has 1 heterocycles. The summed E-state index contributed by atoms with van der Waals surface area (Å²) in [6, 6.07) is 6.19. The molecular formula is C13H10FN3O4. The summed E-state index contributed by atoms with van der Waals surface area (Å²) in [6.07, 6.45) is 0. The summed E-state index contributed by atoms with van der Waals surface area (Å²) in [6.45, 7) is 1.72. The molecule has 0 atom stereocenters. The summed E-state index contributed by atoms with van der Waals surface area (Å²) in [4.78, 5) is 24.7. The van der Waals surface area contributed by atoms with Crippen molar-refractivity contribution in [3.8, 4) is 0 Å². The van der Waals surface area contributed by atoms with Gasteiger partial charge in [-0.2, -0.15) is 0 Å². The minimum atomic E-state index is -1.34. The molecule has 0 bridgehead atoms. The Labute approximate surface area is 118 Å². The predicted molar refractivity (Wildman–Crippen MR) is 72.3 cm³/mol.